The topological polar surface area (TPSA) is 101 Å². The molecule has 1 aromatic rings. The first-order chi connectivity index (χ1) is 9.85. The van der Waals surface area contributed by atoms with Gasteiger partial charge in [-0.15, -0.1) is 0 Å². The number of nitrogens with one attached hydrogen (secondary N) is 2. The first-order valence-corrected chi connectivity index (χ1v) is 8.57. The second-order valence-corrected chi connectivity index (χ2v) is 7.17. The summed E-state index contributed by atoms with van der Waals surface area (Å²) in [6.45, 7) is 0.332. The molecule has 1 heterocycles. The number of amides is 1. The van der Waals surface area contributed by atoms with E-state index in [9.17, 15) is 13.2 Å². The standard InChI is InChI=1S/C13H17N3O3S2/c14-13(20)10-3-1-9(2-4-10)8-21(18,19)16-11-5-6-12(17)15-7-11/h1-4,11,16H,5-8H2,(H2,14,20)(H,15,17). The second kappa shape index (κ2) is 6.50. The quantitative estimate of drug-likeness (QED) is 0.662. The number of rotatable bonds is 5. The molecule has 1 fully saturated rings. The highest BCUT2D eigenvalue weighted by atomic mass is 32.2. The van der Waals surface area contributed by atoms with Crippen LogP contribution in [0.3, 0.4) is 0 Å². The predicted octanol–water partition coefficient (Wildman–Crippen LogP) is 0.0188. The van der Waals surface area contributed by atoms with Gasteiger partial charge in [0, 0.05) is 24.6 Å². The molecule has 1 aromatic carbocycles. The van der Waals surface area contributed by atoms with Crippen LogP contribution >= 0.6 is 12.2 Å². The number of carbonyl (C=O) groups excluding carboxylic acids is 1. The van der Waals surface area contributed by atoms with Crippen LogP contribution in [-0.4, -0.2) is 31.9 Å². The highest BCUT2D eigenvalue weighted by Gasteiger charge is 2.23. The Morgan fingerprint density at radius 1 is 1.38 bits per heavy atom. The van der Waals surface area contributed by atoms with Gasteiger partial charge in [-0.2, -0.15) is 0 Å². The molecule has 21 heavy (non-hydrogen) atoms. The lowest BCUT2D eigenvalue weighted by Gasteiger charge is -2.23. The average Bonchev–Trinajstić information content (AvgIpc) is 2.41. The van der Waals surface area contributed by atoms with Gasteiger partial charge >= 0.3 is 0 Å². The third-order valence-corrected chi connectivity index (χ3v) is 4.85. The SMILES string of the molecule is NC(=S)c1ccc(CS(=O)(=O)NC2CCC(=O)NC2)cc1. The largest absolute Gasteiger partial charge is 0.389 e. The summed E-state index contributed by atoms with van der Waals surface area (Å²) in [7, 11) is -3.45. The first kappa shape index (κ1) is 15.9. The highest BCUT2D eigenvalue weighted by molar-refractivity contribution is 7.88. The van der Waals surface area contributed by atoms with Crippen LogP contribution in [0.5, 0.6) is 0 Å². The Balaban J connectivity index is 1.97. The molecule has 0 aromatic heterocycles. The molecule has 8 heteroatoms. The molecule has 1 saturated heterocycles. The van der Waals surface area contributed by atoms with E-state index < -0.39 is 10.0 Å². The van der Waals surface area contributed by atoms with Crippen molar-refractivity contribution in [2.45, 2.75) is 24.6 Å². The fourth-order valence-electron chi connectivity index (χ4n) is 2.11. The van der Waals surface area contributed by atoms with Gasteiger partial charge in [0.05, 0.1) is 5.75 Å². The summed E-state index contributed by atoms with van der Waals surface area (Å²) in [5.74, 6) is -0.159. The van der Waals surface area contributed by atoms with Crippen LogP contribution in [0.1, 0.15) is 24.0 Å². The number of thiocarbonyl (C=S) groups is 1. The minimum Gasteiger partial charge on any atom is -0.389 e. The molecule has 0 spiro atoms. The van der Waals surface area contributed by atoms with Crippen LogP contribution in [0, 0.1) is 0 Å². The van der Waals surface area contributed by atoms with Crippen molar-refractivity contribution in [1.29, 1.82) is 0 Å². The summed E-state index contributed by atoms with van der Waals surface area (Å²) in [6.07, 6.45) is 0.862. The molecule has 0 saturated carbocycles. The monoisotopic (exact) mass is 327 g/mol. The van der Waals surface area contributed by atoms with Gasteiger partial charge in [0.2, 0.25) is 15.9 Å². The summed E-state index contributed by atoms with van der Waals surface area (Å²) < 4.78 is 26.8. The Morgan fingerprint density at radius 3 is 2.57 bits per heavy atom. The molecule has 2 rings (SSSR count). The zero-order chi connectivity index (χ0) is 15.5. The third-order valence-electron chi connectivity index (χ3n) is 3.21. The molecule has 0 aliphatic carbocycles. The lowest BCUT2D eigenvalue weighted by molar-refractivity contribution is -0.122. The van der Waals surface area contributed by atoms with E-state index >= 15 is 0 Å². The van der Waals surface area contributed by atoms with Gasteiger partial charge in [0.25, 0.3) is 0 Å². The summed E-state index contributed by atoms with van der Waals surface area (Å²) >= 11 is 4.85. The molecule has 6 nitrogen and oxygen atoms in total. The maximum Gasteiger partial charge on any atom is 0.220 e. The van der Waals surface area contributed by atoms with E-state index in [0.717, 1.165) is 0 Å². The first-order valence-electron chi connectivity index (χ1n) is 6.51. The van der Waals surface area contributed by atoms with Crippen LogP contribution in [0.15, 0.2) is 24.3 Å². The number of hydrogen-bond donors (Lipinski definition) is 3. The molecular formula is C13H17N3O3S2. The third kappa shape index (κ3) is 4.76. The lowest BCUT2D eigenvalue weighted by Crippen LogP contribution is -2.47. The fraction of sp³-hybridized carbons (Fsp3) is 0.385. The molecule has 4 N–H and O–H groups in total. The van der Waals surface area contributed by atoms with Crippen molar-refractivity contribution < 1.29 is 13.2 Å². The average molecular weight is 327 g/mol. The number of nitrogens with two attached hydrogens (primary N) is 1. The Morgan fingerprint density at radius 2 is 2.05 bits per heavy atom. The minimum absolute atomic E-state index is 0.0428. The normalized spacial score (nSPS) is 19.0. The molecule has 1 aliphatic heterocycles. The number of carbonyl (C=O) groups is 1. The Labute approximate surface area is 129 Å². The molecular weight excluding hydrogens is 310 g/mol. The van der Waals surface area contributed by atoms with E-state index in [0.29, 0.717) is 30.5 Å². The van der Waals surface area contributed by atoms with E-state index in [1.165, 1.54) is 0 Å². The molecule has 1 amide bonds. The van der Waals surface area contributed by atoms with Crippen molar-refractivity contribution in [3.05, 3.63) is 35.4 Å². The minimum atomic E-state index is -3.45. The van der Waals surface area contributed by atoms with Crippen molar-refractivity contribution >= 4 is 33.1 Å². The van der Waals surface area contributed by atoms with Gasteiger partial charge in [-0.05, 0) is 12.0 Å². The van der Waals surface area contributed by atoms with Crippen LogP contribution in [0.2, 0.25) is 0 Å². The molecule has 1 atom stereocenters. The van der Waals surface area contributed by atoms with Gasteiger partial charge in [-0.3, -0.25) is 4.79 Å². The van der Waals surface area contributed by atoms with Crippen molar-refractivity contribution in [2.75, 3.05) is 6.54 Å². The summed E-state index contributed by atoms with van der Waals surface area (Å²) in [5.41, 5.74) is 6.85. The molecule has 0 bridgehead atoms. The lowest BCUT2D eigenvalue weighted by atomic mass is 10.1. The van der Waals surface area contributed by atoms with Gasteiger partial charge < -0.3 is 11.1 Å². The number of sulfonamides is 1. The highest BCUT2D eigenvalue weighted by Crippen LogP contribution is 2.10. The second-order valence-electron chi connectivity index (χ2n) is 4.98. The molecule has 1 unspecified atom stereocenters. The van der Waals surface area contributed by atoms with E-state index in [4.69, 9.17) is 18.0 Å². The maximum atomic E-state index is 12.1. The van der Waals surface area contributed by atoms with Gasteiger partial charge in [0.1, 0.15) is 4.99 Å². The van der Waals surface area contributed by atoms with Crippen LogP contribution in [-0.2, 0) is 20.6 Å². The molecule has 1 aliphatic rings. The van der Waals surface area contributed by atoms with E-state index in [2.05, 4.69) is 10.0 Å². The summed E-state index contributed by atoms with van der Waals surface area (Å²) in [4.78, 5) is 11.3. The van der Waals surface area contributed by atoms with E-state index in [-0.39, 0.29) is 22.7 Å². The van der Waals surface area contributed by atoms with Crippen molar-refractivity contribution in [2.24, 2.45) is 5.73 Å². The van der Waals surface area contributed by atoms with Gasteiger partial charge in [-0.1, -0.05) is 36.5 Å². The van der Waals surface area contributed by atoms with Gasteiger partial charge in [-0.25, -0.2) is 13.1 Å². The maximum absolute atomic E-state index is 12.1. The fourth-order valence-corrected chi connectivity index (χ4v) is 3.67. The van der Waals surface area contributed by atoms with E-state index in [1.54, 1.807) is 24.3 Å². The summed E-state index contributed by atoms with van der Waals surface area (Å²) in [5, 5.41) is 2.64. The van der Waals surface area contributed by atoms with E-state index in [1.807, 2.05) is 0 Å². The number of hydrogen-bond acceptors (Lipinski definition) is 4. The zero-order valence-electron chi connectivity index (χ0n) is 11.3. The van der Waals surface area contributed by atoms with Crippen LogP contribution in [0.25, 0.3) is 0 Å². The van der Waals surface area contributed by atoms with Crippen molar-refractivity contribution in [3.8, 4) is 0 Å². The van der Waals surface area contributed by atoms with Gasteiger partial charge in [0.15, 0.2) is 0 Å². The number of piperidine rings is 1. The Kier molecular flexibility index (Phi) is 4.92. The smallest absolute Gasteiger partial charge is 0.220 e. The van der Waals surface area contributed by atoms with Crippen molar-refractivity contribution in [3.63, 3.8) is 0 Å². The summed E-state index contributed by atoms with van der Waals surface area (Å²) in [6, 6.07) is 6.54. The van der Waals surface area contributed by atoms with Crippen molar-refractivity contribution in [1.82, 2.24) is 10.0 Å². The Bertz CT molecular complexity index is 631. The zero-order valence-corrected chi connectivity index (χ0v) is 13.0. The van der Waals surface area contributed by atoms with Crippen LogP contribution in [0.4, 0.5) is 0 Å². The molecule has 0 radical (unpaired) electrons. The van der Waals surface area contributed by atoms with Crippen LogP contribution < -0.4 is 15.8 Å². The number of benzene rings is 1. The predicted molar refractivity (Wildman–Crippen MR) is 84.1 cm³/mol. The Hall–Kier alpha value is -1.51. The molecule has 114 valence electrons.